The third kappa shape index (κ3) is 3.37. The second-order valence-electron chi connectivity index (χ2n) is 6.94. The minimum Gasteiger partial charge on any atom is -0.334 e. The lowest BCUT2D eigenvalue weighted by molar-refractivity contribution is 0.0985. The molecule has 0 unspecified atom stereocenters. The van der Waals surface area contributed by atoms with Crippen molar-refractivity contribution >= 4 is 23.4 Å². The Balaban J connectivity index is 1.54. The van der Waals surface area contributed by atoms with Crippen molar-refractivity contribution in [1.82, 2.24) is 10.1 Å². The van der Waals surface area contributed by atoms with Crippen molar-refractivity contribution in [3.63, 3.8) is 0 Å². The molecule has 7 heteroatoms. The number of hydrogen-bond acceptors (Lipinski definition) is 6. The number of amides is 1. The first kappa shape index (κ1) is 19.1. The lowest BCUT2D eigenvalue weighted by atomic mass is 10.1. The van der Waals surface area contributed by atoms with Gasteiger partial charge in [0, 0.05) is 27.5 Å². The van der Waals surface area contributed by atoms with Crippen molar-refractivity contribution in [1.29, 1.82) is 5.26 Å². The molecule has 4 aromatic rings. The van der Waals surface area contributed by atoms with Gasteiger partial charge in [0.2, 0.25) is 5.82 Å². The van der Waals surface area contributed by atoms with E-state index in [0.29, 0.717) is 29.4 Å². The molecule has 6 nitrogen and oxygen atoms in total. The number of anilines is 1. The second kappa shape index (κ2) is 7.74. The molecule has 150 valence electrons. The highest BCUT2D eigenvalue weighted by atomic mass is 32.2. The smallest absolute Gasteiger partial charge is 0.259 e. The SMILES string of the molecule is CCN1C(=O)c2ccccc2Sc2cc(-c3noc(-c4ccc(C#N)cc4)n3)ccc21. The molecule has 0 fully saturated rings. The molecule has 0 saturated carbocycles. The minimum atomic E-state index is -0.000219. The summed E-state index contributed by atoms with van der Waals surface area (Å²) in [5.74, 6) is 0.854. The van der Waals surface area contributed by atoms with E-state index < -0.39 is 0 Å². The van der Waals surface area contributed by atoms with Gasteiger partial charge in [-0.15, -0.1) is 0 Å². The summed E-state index contributed by atoms with van der Waals surface area (Å²) in [7, 11) is 0. The Morgan fingerprint density at radius 1 is 1.03 bits per heavy atom. The molecule has 3 aromatic carbocycles. The van der Waals surface area contributed by atoms with Crippen LogP contribution in [0.2, 0.25) is 0 Å². The van der Waals surface area contributed by atoms with Crippen LogP contribution in [0.25, 0.3) is 22.8 Å². The van der Waals surface area contributed by atoms with E-state index in [9.17, 15) is 4.79 Å². The van der Waals surface area contributed by atoms with E-state index in [1.54, 1.807) is 40.9 Å². The number of carbonyl (C=O) groups excluding carboxylic acids is 1. The molecular weight excluding hydrogens is 408 g/mol. The molecule has 0 saturated heterocycles. The van der Waals surface area contributed by atoms with E-state index in [1.807, 2.05) is 49.4 Å². The maximum Gasteiger partial charge on any atom is 0.259 e. The van der Waals surface area contributed by atoms with E-state index in [1.165, 1.54) is 0 Å². The summed E-state index contributed by atoms with van der Waals surface area (Å²) in [6.07, 6.45) is 0. The molecule has 2 heterocycles. The van der Waals surface area contributed by atoms with Gasteiger partial charge in [-0.3, -0.25) is 4.79 Å². The fourth-order valence-electron chi connectivity index (χ4n) is 3.52. The molecule has 1 aliphatic heterocycles. The summed E-state index contributed by atoms with van der Waals surface area (Å²) in [4.78, 5) is 21.2. The van der Waals surface area contributed by atoms with Crippen LogP contribution in [0.4, 0.5) is 5.69 Å². The number of hydrogen-bond donors (Lipinski definition) is 0. The highest BCUT2D eigenvalue weighted by Gasteiger charge is 2.26. The number of aromatic nitrogens is 2. The molecule has 0 atom stereocenters. The van der Waals surface area contributed by atoms with Crippen molar-refractivity contribution in [3.05, 3.63) is 77.9 Å². The Bertz CT molecular complexity index is 1340. The number of carbonyl (C=O) groups is 1. The summed E-state index contributed by atoms with van der Waals surface area (Å²) in [5, 5.41) is 13.1. The van der Waals surface area contributed by atoms with Crippen molar-refractivity contribution < 1.29 is 9.32 Å². The van der Waals surface area contributed by atoms with Crippen molar-refractivity contribution in [2.24, 2.45) is 0 Å². The molecule has 1 aliphatic rings. The van der Waals surface area contributed by atoms with Gasteiger partial charge < -0.3 is 9.42 Å². The van der Waals surface area contributed by atoms with Crippen LogP contribution in [-0.2, 0) is 0 Å². The van der Waals surface area contributed by atoms with E-state index in [0.717, 1.165) is 26.6 Å². The molecule has 0 N–H and O–H groups in total. The van der Waals surface area contributed by atoms with Crippen LogP contribution in [-0.4, -0.2) is 22.6 Å². The van der Waals surface area contributed by atoms with Crippen LogP contribution in [0.5, 0.6) is 0 Å². The number of benzene rings is 3. The Hall–Kier alpha value is -3.89. The van der Waals surface area contributed by atoms with Gasteiger partial charge in [0.15, 0.2) is 0 Å². The summed E-state index contributed by atoms with van der Waals surface area (Å²) < 4.78 is 5.45. The zero-order chi connectivity index (χ0) is 21.4. The van der Waals surface area contributed by atoms with Gasteiger partial charge in [-0.1, -0.05) is 29.1 Å². The Labute approximate surface area is 183 Å². The van der Waals surface area contributed by atoms with Crippen molar-refractivity contribution in [2.75, 3.05) is 11.4 Å². The van der Waals surface area contributed by atoms with Crippen molar-refractivity contribution in [2.45, 2.75) is 16.7 Å². The maximum atomic E-state index is 13.0. The van der Waals surface area contributed by atoms with E-state index in [2.05, 4.69) is 16.2 Å². The van der Waals surface area contributed by atoms with Crippen LogP contribution in [0, 0.1) is 11.3 Å². The van der Waals surface area contributed by atoms with Gasteiger partial charge in [-0.05, 0) is 61.5 Å². The number of nitriles is 1. The number of rotatable bonds is 3. The molecule has 0 radical (unpaired) electrons. The number of nitrogens with zero attached hydrogens (tertiary/aromatic N) is 4. The largest absolute Gasteiger partial charge is 0.334 e. The molecule has 0 spiro atoms. The zero-order valence-electron chi connectivity index (χ0n) is 16.6. The van der Waals surface area contributed by atoms with Gasteiger partial charge in [-0.2, -0.15) is 10.2 Å². The summed E-state index contributed by atoms with van der Waals surface area (Å²) in [6, 6.07) is 22.6. The van der Waals surface area contributed by atoms with Gasteiger partial charge in [0.05, 0.1) is 22.9 Å². The first-order valence-electron chi connectivity index (χ1n) is 9.75. The lowest BCUT2D eigenvalue weighted by Crippen LogP contribution is -2.30. The summed E-state index contributed by atoms with van der Waals surface area (Å²) in [6.45, 7) is 2.54. The fourth-order valence-corrected chi connectivity index (χ4v) is 4.64. The second-order valence-corrected chi connectivity index (χ2v) is 8.03. The fraction of sp³-hybridized carbons (Fsp3) is 0.0833. The average molecular weight is 424 g/mol. The Kier molecular flexibility index (Phi) is 4.77. The molecule has 31 heavy (non-hydrogen) atoms. The van der Waals surface area contributed by atoms with Gasteiger partial charge in [-0.25, -0.2) is 0 Å². The maximum absolute atomic E-state index is 13.0. The highest BCUT2D eigenvalue weighted by Crippen LogP contribution is 2.42. The lowest BCUT2D eigenvalue weighted by Gasteiger charge is -2.21. The van der Waals surface area contributed by atoms with Crippen LogP contribution < -0.4 is 4.90 Å². The predicted molar refractivity (Wildman–Crippen MR) is 118 cm³/mol. The normalized spacial score (nSPS) is 12.6. The quantitative estimate of drug-likeness (QED) is 0.437. The third-order valence-electron chi connectivity index (χ3n) is 5.09. The molecule has 0 bridgehead atoms. The van der Waals surface area contributed by atoms with Gasteiger partial charge in [0.1, 0.15) is 0 Å². The molecule has 1 aromatic heterocycles. The summed E-state index contributed by atoms with van der Waals surface area (Å²) >= 11 is 1.56. The molecule has 0 aliphatic carbocycles. The average Bonchev–Trinajstić information content (AvgIpc) is 3.27. The monoisotopic (exact) mass is 424 g/mol. The van der Waals surface area contributed by atoms with E-state index in [-0.39, 0.29) is 5.91 Å². The van der Waals surface area contributed by atoms with Crippen LogP contribution in [0.1, 0.15) is 22.8 Å². The molecule has 1 amide bonds. The topological polar surface area (TPSA) is 83.0 Å². The predicted octanol–water partition coefficient (Wildman–Crippen LogP) is 5.41. The van der Waals surface area contributed by atoms with Crippen molar-refractivity contribution in [3.8, 4) is 28.9 Å². The standard InChI is InChI=1S/C24H16N4O2S/c1-2-28-19-12-11-17(13-21(19)31-20-6-4-3-5-18(20)24(28)29)22-26-23(30-27-22)16-9-7-15(14-25)8-10-16/h3-13H,2H2,1H3. The Morgan fingerprint density at radius 2 is 1.81 bits per heavy atom. The van der Waals surface area contributed by atoms with E-state index in [4.69, 9.17) is 9.78 Å². The Morgan fingerprint density at radius 3 is 2.58 bits per heavy atom. The van der Waals surface area contributed by atoms with Gasteiger partial charge >= 0.3 is 0 Å². The zero-order valence-corrected chi connectivity index (χ0v) is 17.4. The minimum absolute atomic E-state index is 0.000219. The van der Waals surface area contributed by atoms with Gasteiger partial charge in [0.25, 0.3) is 11.8 Å². The molecular formula is C24H16N4O2S. The van der Waals surface area contributed by atoms with Crippen LogP contribution in [0.3, 0.4) is 0 Å². The highest BCUT2D eigenvalue weighted by molar-refractivity contribution is 7.99. The summed E-state index contributed by atoms with van der Waals surface area (Å²) in [5.41, 5.74) is 3.70. The van der Waals surface area contributed by atoms with E-state index >= 15 is 0 Å². The van der Waals surface area contributed by atoms with Crippen LogP contribution >= 0.6 is 11.8 Å². The third-order valence-corrected chi connectivity index (χ3v) is 6.22. The number of fused-ring (bicyclic) bond motifs is 2. The van der Waals surface area contributed by atoms with Crippen LogP contribution in [0.15, 0.2) is 81.0 Å². The first-order chi connectivity index (χ1) is 15.2. The molecule has 5 rings (SSSR count). The first-order valence-corrected chi connectivity index (χ1v) is 10.6.